The summed E-state index contributed by atoms with van der Waals surface area (Å²) in [6.07, 6.45) is 0. The second-order valence-electron chi connectivity index (χ2n) is 7.61. The average molecular weight is 413 g/mol. The minimum atomic E-state index is -0.631. The Morgan fingerprint density at radius 3 is 2.34 bits per heavy atom. The smallest absolute Gasteiger partial charge is 0.237 e. The van der Waals surface area contributed by atoms with Crippen molar-refractivity contribution in [2.75, 3.05) is 13.1 Å². The van der Waals surface area contributed by atoms with Gasteiger partial charge in [-0.1, -0.05) is 23.7 Å². The molecule has 0 spiro atoms. The van der Waals surface area contributed by atoms with Crippen LogP contribution in [0.1, 0.15) is 19.7 Å². The van der Waals surface area contributed by atoms with Crippen molar-refractivity contribution >= 4 is 17.5 Å². The van der Waals surface area contributed by atoms with Crippen LogP contribution in [0.25, 0.3) is 22.5 Å². The molecule has 0 unspecified atom stereocenters. The fourth-order valence-corrected chi connectivity index (χ4v) is 4.12. The van der Waals surface area contributed by atoms with E-state index in [1.807, 2.05) is 38.1 Å². The van der Waals surface area contributed by atoms with Crippen LogP contribution in [0.5, 0.6) is 0 Å². The van der Waals surface area contributed by atoms with Gasteiger partial charge in [0.05, 0.1) is 23.5 Å². The molecule has 0 bridgehead atoms. The summed E-state index contributed by atoms with van der Waals surface area (Å²) in [7, 11) is 0. The molecule has 1 aliphatic heterocycles. The normalized spacial score (nSPS) is 15.3. The lowest BCUT2D eigenvalue weighted by Gasteiger charge is -2.42. The summed E-state index contributed by atoms with van der Waals surface area (Å²) >= 11 is 6.09. The molecule has 2 aromatic carbocycles. The lowest BCUT2D eigenvalue weighted by atomic mass is 9.98. The molecule has 0 saturated heterocycles. The number of nitrogens with zero attached hydrogens (tertiary/aromatic N) is 3. The fraction of sp³-hybridized carbons (Fsp3) is 0.273. The molecule has 1 amide bonds. The molecule has 29 heavy (non-hydrogen) atoms. The van der Waals surface area contributed by atoms with E-state index in [0.717, 1.165) is 28.3 Å². The second-order valence-corrected chi connectivity index (χ2v) is 8.04. The summed E-state index contributed by atoms with van der Waals surface area (Å²) < 4.78 is 15.6. The Morgan fingerprint density at radius 2 is 1.72 bits per heavy atom. The topological polar surface area (TPSA) is 64.2 Å². The van der Waals surface area contributed by atoms with Gasteiger partial charge in [-0.05, 0) is 50.2 Å². The number of amides is 1. The van der Waals surface area contributed by atoms with Gasteiger partial charge in [0.15, 0.2) is 0 Å². The Labute approximate surface area is 173 Å². The van der Waals surface area contributed by atoms with Gasteiger partial charge in [-0.25, -0.2) is 9.37 Å². The average Bonchev–Trinajstić information content (AvgIpc) is 3.09. The number of rotatable bonds is 3. The van der Waals surface area contributed by atoms with Gasteiger partial charge in [0.2, 0.25) is 5.91 Å². The van der Waals surface area contributed by atoms with Crippen molar-refractivity contribution in [1.82, 2.24) is 14.5 Å². The predicted octanol–water partition coefficient (Wildman–Crippen LogP) is 4.05. The van der Waals surface area contributed by atoms with Crippen LogP contribution in [0.4, 0.5) is 4.39 Å². The van der Waals surface area contributed by atoms with E-state index in [4.69, 9.17) is 22.3 Å². The molecule has 0 fully saturated rings. The monoisotopic (exact) mass is 412 g/mol. The molecule has 5 nitrogen and oxygen atoms in total. The van der Waals surface area contributed by atoms with E-state index in [9.17, 15) is 9.18 Å². The molecule has 0 atom stereocenters. The predicted molar refractivity (Wildman–Crippen MR) is 112 cm³/mol. The van der Waals surface area contributed by atoms with Crippen LogP contribution in [0, 0.1) is 5.82 Å². The minimum absolute atomic E-state index is 0.0427. The van der Waals surface area contributed by atoms with Gasteiger partial charge >= 0.3 is 0 Å². The van der Waals surface area contributed by atoms with Gasteiger partial charge in [0.25, 0.3) is 0 Å². The molecule has 2 N–H and O–H groups in total. The number of carbonyl (C=O) groups is 1. The first-order chi connectivity index (χ1) is 13.8. The molecular formula is C22H22ClFN4O. The van der Waals surface area contributed by atoms with Crippen molar-refractivity contribution in [2.24, 2.45) is 5.73 Å². The van der Waals surface area contributed by atoms with Crippen LogP contribution in [-0.4, -0.2) is 33.4 Å². The van der Waals surface area contributed by atoms with Crippen molar-refractivity contribution in [2.45, 2.75) is 25.9 Å². The first-order valence-electron chi connectivity index (χ1n) is 9.46. The van der Waals surface area contributed by atoms with Crippen molar-refractivity contribution in [1.29, 1.82) is 0 Å². The number of nitrogens with two attached hydrogens (primary N) is 1. The summed E-state index contributed by atoms with van der Waals surface area (Å²) in [6, 6.07) is 13.9. The van der Waals surface area contributed by atoms with Gasteiger partial charge in [0, 0.05) is 29.2 Å². The van der Waals surface area contributed by atoms with Crippen LogP contribution >= 0.6 is 11.6 Å². The lowest BCUT2D eigenvalue weighted by Crippen LogP contribution is -2.53. The summed E-state index contributed by atoms with van der Waals surface area (Å²) in [5.74, 6) is 0.362. The van der Waals surface area contributed by atoms with Crippen LogP contribution in [0.3, 0.4) is 0 Å². The second kappa shape index (κ2) is 7.28. The van der Waals surface area contributed by atoms with E-state index < -0.39 is 5.54 Å². The van der Waals surface area contributed by atoms with Crippen LogP contribution in [0.2, 0.25) is 5.02 Å². The Morgan fingerprint density at radius 1 is 1.10 bits per heavy atom. The number of hydrogen-bond acceptors (Lipinski definition) is 3. The number of imidazole rings is 1. The highest BCUT2D eigenvalue weighted by atomic mass is 35.5. The highest BCUT2D eigenvalue weighted by Crippen LogP contribution is 2.40. The molecule has 4 rings (SSSR count). The maximum Gasteiger partial charge on any atom is 0.237 e. The van der Waals surface area contributed by atoms with E-state index in [2.05, 4.69) is 4.57 Å². The van der Waals surface area contributed by atoms with Gasteiger partial charge in [0.1, 0.15) is 11.6 Å². The Balaban J connectivity index is 1.95. The number of hydrogen-bond donors (Lipinski definition) is 1. The van der Waals surface area contributed by atoms with Crippen molar-refractivity contribution < 1.29 is 9.18 Å². The Kier molecular flexibility index (Phi) is 4.92. The quantitative estimate of drug-likeness (QED) is 0.706. The van der Waals surface area contributed by atoms with Crippen LogP contribution in [0.15, 0.2) is 48.5 Å². The highest BCUT2D eigenvalue weighted by molar-refractivity contribution is 6.30. The van der Waals surface area contributed by atoms with E-state index in [1.165, 1.54) is 12.1 Å². The van der Waals surface area contributed by atoms with E-state index in [1.54, 1.807) is 17.0 Å². The van der Waals surface area contributed by atoms with Crippen molar-refractivity contribution in [3.63, 3.8) is 0 Å². The molecule has 0 aliphatic carbocycles. The molecule has 2 heterocycles. The summed E-state index contributed by atoms with van der Waals surface area (Å²) in [6.45, 7) is 5.03. The number of aromatic nitrogens is 2. The van der Waals surface area contributed by atoms with E-state index in [0.29, 0.717) is 18.1 Å². The maximum absolute atomic E-state index is 13.5. The van der Waals surface area contributed by atoms with Gasteiger partial charge in [-0.15, -0.1) is 0 Å². The summed E-state index contributed by atoms with van der Waals surface area (Å²) in [5, 5.41) is 0.649. The van der Waals surface area contributed by atoms with Crippen molar-refractivity contribution in [3.05, 3.63) is 65.2 Å². The molecule has 0 saturated carbocycles. The van der Waals surface area contributed by atoms with Gasteiger partial charge < -0.3 is 15.2 Å². The molecule has 0 radical (unpaired) electrons. The fourth-order valence-electron chi connectivity index (χ4n) is 3.99. The summed E-state index contributed by atoms with van der Waals surface area (Å²) in [5.41, 5.74) is 8.44. The summed E-state index contributed by atoms with van der Waals surface area (Å²) in [4.78, 5) is 19.1. The highest BCUT2D eigenvalue weighted by Gasteiger charge is 2.41. The van der Waals surface area contributed by atoms with Crippen molar-refractivity contribution in [3.8, 4) is 22.5 Å². The zero-order valence-corrected chi connectivity index (χ0v) is 17.1. The largest absolute Gasteiger partial charge is 0.327 e. The molecule has 1 aromatic heterocycles. The standard InChI is InChI=1S/C22H22ClFN4O/c1-22(2)21-26-19(14-5-9-17(24)10-6-14)20(15-3-7-16(23)8-4-15)27(21)11-12-28(22)18(29)13-25/h3-10H,11-13,25H2,1-2H3. The first-order valence-corrected chi connectivity index (χ1v) is 9.84. The van der Waals surface area contributed by atoms with E-state index >= 15 is 0 Å². The van der Waals surface area contributed by atoms with Gasteiger partial charge in [-0.2, -0.15) is 0 Å². The molecule has 1 aliphatic rings. The third kappa shape index (κ3) is 3.32. The first kappa shape index (κ1) is 19.6. The molecule has 7 heteroatoms. The van der Waals surface area contributed by atoms with Crippen LogP contribution in [-0.2, 0) is 16.9 Å². The number of halogens is 2. The molecular weight excluding hydrogens is 391 g/mol. The van der Waals surface area contributed by atoms with Gasteiger partial charge in [-0.3, -0.25) is 4.79 Å². The van der Waals surface area contributed by atoms with E-state index in [-0.39, 0.29) is 18.3 Å². The SMILES string of the molecule is CC1(C)c2nc(-c3ccc(F)cc3)c(-c3ccc(Cl)cc3)n2CCN1C(=O)CN. The minimum Gasteiger partial charge on any atom is -0.327 e. The molecule has 3 aromatic rings. The lowest BCUT2D eigenvalue weighted by molar-refractivity contribution is -0.137. The molecule has 150 valence electrons. The number of fused-ring (bicyclic) bond motifs is 1. The Bertz CT molecular complexity index is 1060. The van der Waals surface area contributed by atoms with Crippen LogP contribution < -0.4 is 5.73 Å². The zero-order chi connectivity index (χ0) is 20.8. The Hall–Kier alpha value is -2.70. The number of benzene rings is 2. The zero-order valence-electron chi connectivity index (χ0n) is 16.3. The third-order valence-electron chi connectivity index (χ3n) is 5.45. The third-order valence-corrected chi connectivity index (χ3v) is 5.70. The number of carbonyl (C=O) groups excluding carboxylic acids is 1. The maximum atomic E-state index is 13.5.